The minimum absolute atomic E-state index is 0.133. The van der Waals surface area contributed by atoms with E-state index in [9.17, 15) is 4.79 Å². The van der Waals surface area contributed by atoms with Gasteiger partial charge in [0.2, 0.25) is 0 Å². The van der Waals surface area contributed by atoms with Gasteiger partial charge in [-0.3, -0.25) is 0 Å². The summed E-state index contributed by atoms with van der Waals surface area (Å²) >= 11 is 0. The number of carbonyl (C=O) groups excluding carboxylic acids is 1. The number of fused-ring (bicyclic) bond motifs is 1. The molecule has 21 heavy (non-hydrogen) atoms. The molecule has 0 radical (unpaired) electrons. The smallest absolute Gasteiger partial charge is 0.123 e. The minimum atomic E-state index is 0.133. The van der Waals surface area contributed by atoms with E-state index in [2.05, 4.69) is 31.0 Å². The zero-order chi connectivity index (χ0) is 15.0. The maximum Gasteiger partial charge on any atom is 0.123 e. The average molecular weight is 281 g/mol. The molecule has 0 bridgehead atoms. The summed E-state index contributed by atoms with van der Waals surface area (Å²) in [5, 5.41) is 3.37. The molecule has 0 amide bonds. The van der Waals surface area contributed by atoms with Gasteiger partial charge < -0.3 is 10.1 Å². The lowest BCUT2D eigenvalue weighted by Crippen LogP contribution is -2.02. The van der Waals surface area contributed by atoms with Crippen LogP contribution in [0.3, 0.4) is 0 Å². The number of hydrogen-bond acceptors (Lipinski definition) is 2. The fraction of sp³-hybridized carbons (Fsp3) is 0.421. The highest BCUT2D eigenvalue weighted by atomic mass is 16.1. The molecular formula is C19H23NO. The van der Waals surface area contributed by atoms with Crippen LogP contribution in [-0.2, 0) is 17.6 Å². The van der Waals surface area contributed by atoms with Crippen molar-refractivity contribution in [2.75, 3.05) is 12.4 Å². The first-order chi connectivity index (χ1) is 10.2. The van der Waals surface area contributed by atoms with Gasteiger partial charge in [-0.05, 0) is 55.2 Å². The van der Waals surface area contributed by atoms with Crippen LogP contribution in [0.15, 0.2) is 18.2 Å². The number of hydrogen-bond donors (Lipinski definition) is 1. The van der Waals surface area contributed by atoms with Crippen molar-refractivity contribution in [1.82, 2.24) is 0 Å². The molecule has 1 fully saturated rings. The largest absolute Gasteiger partial charge is 0.387 e. The highest BCUT2D eigenvalue weighted by Crippen LogP contribution is 2.41. The second kappa shape index (κ2) is 5.51. The number of aldehydes is 1. The molecule has 1 aromatic rings. The topological polar surface area (TPSA) is 29.1 Å². The number of allylic oxidation sites excluding steroid dienone is 1. The van der Waals surface area contributed by atoms with Gasteiger partial charge in [0.1, 0.15) is 6.29 Å². The fourth-order valence-corrected chi connectivity index (χ4v) is 3.44. The Morgan fingerprint density at radius 1 is 1.38 bits per heavy atom. The molecule has 0 saturated heterocycles. The summed E-state index contributed by atoms with van der Waals surface area (Å²) in [5.74, 6) is 0.900. The summed E-state index contributed by atoms with van der Waals surface area (Å²) in [6.45, 7) is 6.20. The van der Waals surface area contributed by atoms with E-state index in [0.717, 1.165) is 25.0 Å². The highest BCUT2D eigenvalue weighted by molar-refractivity contribution is 5.81. The predicted octanol–water partition coefficient (Wildman–Crippen LogP) is 4.10. The third kappa shape index (κ3) is 2.55. The lowest BCUT2D eigenvalue weighted by Gasteiger charge is -2.16. The van der Waals surface area contributed by atoms with Gasteiger partial charge in [0.05, 0.1) is 0 Å². The third-order valence-corrected chi connectivity index (χ3v) is 4.80. The normalized spacial score (nSPS) is 21.0. The Balaban J connectivity index is 2.12. The first-order valence-corrected chi connectivity index (χ1v) is 7.80. The van der Waals surface area contributed by atoms with Crippen LogP contribution in [0.5, 0.6) is 0 Å². The van der Waals surface area contributed by atoms with Crippen LogP contribution in [0.2, 0.25) is 0 Å². The zero-order valence-corrected chi connectivity index (χ0v) is 12.9. The van der Waals surface area contributed by atoms with Crippen LogP contribution in [0.25, 0.3) is 12.2 Å². The van der Waals surface area contributed by atoms with E-state index in [1.165, 1.54) is 46.4 Å². The molecule has 0 spiro atoms. The lowest BCUT2D eigenvalue weighted by atomic mass is 9.94. The number of benzene rings is 1. The van der Waals surface area contributed by atoms with Crippen molar-refractivity contribution < 1.29 is 4.79 Å². The molecule has 1 atom stereocenters. The van der Waals surface area contributed by atoms with Gasteiger partial charge in [0.15, 0.2) is 0 Å². The van der Waals surface area contributed by atoms with Gasteiger partial charge in [-0.15, -0.1) is 0 Å². The maximum absolute atomic E-state index is 11.1. The molecule has 110 valence electrons. The Hall–Kier alpha value is -1.83. The van der Waals surface area contributed by atoms with Crippen molar-refractivity contribution >= 4 is 24.1 Å². The molecule has 1 aromatic carbocycles. The standard InChI is InChI=1S/C19H23NO/c1-4-14-10-16-8-13(11-21)9-18(16)19(20-3)17(14)7-12(2)15-5-6-15/h4,7,10-11,13,15,20H,1,5-6,8-9H2,2-3H3/b12-7+. The molecule has 2 heteroatoms. The first kappa shape index (κ1) is 14.1. The minimum Gasteiger partial charge on any atom is -0.387 e. The molecule has 1 unspecified atom stereocenters. The molecule has 3 rings (SSSR count). The van der Waals surface area contributed by atoms with Crippen molar-refractivity contribution in [3.63, 3.8) is 0 Å². The van der Waals surface area contributed by atoms with Gasteiger partial charge in [0, 0.05) is 24.2 Å². The van der Waals surface area contributed by atoms with E-state index in [-0.39, 0.29) is 5.92 Å². The third-order valence-electron chi connectivity index (χ3n) is 4.80. The van der Waals surface area contributed by atoms with E-state index < -0.39 is 0 Å². The molecule has 0 heterocycles. The van der Waals surface area contributed by atoms with Crippen molar-refractivity contribution in [3.8, 4) is 0 Å². The van der Waals surface area contributed by atoms with Crippen molar-refractivity contribution in [2.45, 2.75) is 32.6 Å². The van der Waals surface area contributed by atoms with Crippen LogP contribution >= 0.6 is 0 Å². The Labute approximate surface area is 126 Å². The van der Waals surface area contributed by atoms with E-state index in [0.29, 0.717) is 0 Å². The summed E-state index contributed by atoms with van der Waals surface area (Å²) in [6.07, 6.45) is 9.70. The SMILES string of the molecule is C=Cc1cc2c(c(NC)c1/C=C(\C)C1CC1)CC(C=O)C2. The van der Waals surface area contributed by atoms with Crippen LogP contribution in [0.4, 0.5) is 5.69 Å². The first-order valence-electron chi connectivity index (χ1n) is 7.80. The second-order valence-electron chi connectivity index (χ2n) is 6.31. The van der Waals surface area contributed by atoms with E-state index >= 15 is 0 Å². The number of carbonyl (C=O) groups is 1. The molecule has 2 nitrogen and oxygen atoms in total. The van der Waals surface area contributed by atoms with Crippen molar-refractivity contribution in [1.29, 1.82) is 0 Å². The quantitative estimate of drug-likeness (QED) is 0.823. The molecule has 1 N–H and O–H groups in total. The zero-order valence-electron chi connectivity index (χ0n) is 12.9. The fourth-order valence-electron chi connectivity index (χ4n) is 3.44. The van der Waals surface area contributed by atoms with Gasteiger partial charge in [0.25, 0.3) is 0 Å². The number of anilines is 1. The van der Waals surface area contributed by atoms with Crippen LogP contribution in [0.1, 0.15) is 42.0 Å². The van der Waals surface area contributed by atoms with Crippen LogP contribution in [-0.4, -0.2) is 13.3 Å². The summed E-state index contributed by atoms with van der Waals surface area (Å²) in [5.41, 5.74) is 7.67. The van der Waals surface area contributed by atoms with E-state index in [1.807, 2.05) is 13.1 Å². The number of rotatable bonds is 5. The Morgan fingerprint density at radius 2 is 2.14 bits per heavy atom. The second-order valence-corrected chi connectivity index (χ2v) is 6.31. The molecule has 0 aliphatic heterocycles. The highest BCUT2D eigenvalue weighted by Gasteiger charge is 2.27. The van der Waals surface area contributed by atoms with Crippen molar-refractivity contribution in [3.05, 3.63) is 40.5 Å². The van der Waals surface area contributed by atoms with Crippen molar-refractivity contribution in [2.24, 2.45) is 11.8 Å². The Morgan fingerprint density at radius 3 is 2.71 bits per heavy atom. The average Bonchev–Trinajstić information content (AvgIpc) is 3.26. The van der Waals surface area contributed by atoms with Crippen LogP contribution in [0, 0.1) is 11.8 Å². The van der Waals surface area contributed by atoms with Gasteiger partial charge >= 0.3 is 0 Å². The monoisotopic (exact) mass is 281 g/mol. The van der Waals surface area contributed by atoms with E-state index in [1.54, 1.807) is 0 Å². The van der Waals surface area contributed by atoms with Crippen LogP contribution < -0.4 is 5.32 Å². The van der Waals surface area contributed by atoms with Gasteiger partial charge in [-0.1, -0.05) is 30.4 Å². The summed E-state index contributed by atoms with van der Waals surface area (Å²) in [4.78, 5) is 11.1. The van der Waals surface area contributed by atoms with Gasteiger partial charge in [-0.2, -0.15) is 0 Å². The van der Waals surface area contributed by atoms with E-state index in [4.69, 9.17) is 0 Å². The lowest BCUT2D eigenvalue weighted by molar-refractivity contribution is -0.110. The Bertz CT molecular complexity index is 623. The summed E-state index contributed by atoms with van der Waals surface area (Å²) in [7, 11) is 1.97. The molecule has 1 saturated carbocycles. The molecular weight excluding hydrogens is 258 g/mol. The summed E-state index contributed by atoms with van der Waals surface area (Å²) < 4.78 is 0. The number of nitrogens with one attached hydrogen (secondary N) is 1. The van der Waals surface area contributed by atoms with Gasteiger partial charge in [-0.25, -0.2) is 0 Å². The molecule has 0 aromatic heterocycles. The predicted molar refractivity (Wildman–Crippen MR) is 89.4 cm³/mol. The maximum atomic E-state index is 11.1. The molecule has 2 aliphatic carbocycles. The Kier molecular flexibility index (Phi) is 3.71. The summed E-state index contributed by atoms with van der Waals surface area (Å²) in [6, 6.07) is 2.22. The molecule has 2 aliphatic rings.